The molecule has 0 spiro atoms. The zero-order valence-corrected chi connectivity index (χ0v) is 18.8. The monoisotopic (exact) mass is 434 g/mol. The molecule has 0 unspecified atom stereocenters. The molecule has 6 heteroatoms. The number of benzene rings is 2. The number of nitrogens with zero attached hydrogens (tertiary/aromatic N) is 2. The van der Waals surface area contributed by atoms with Crippen molar-refractivity contribution < 1.29 is 18.7 Å². The molecule has 3 aromatic rings. The summed E-state index contributed by atoms with van der Waals surface area (Å²) in [6, 6.07) is 15.9. The minimum absolute atomic E-state index is 0.275. The fourth-order valence-electron chi connectivity index (χ4n) is 3.67. The summed E-state index contributed by atoms with van der Waals surface area (Å²) in [5.41, 5.74) is 3.84. The van der Waals surface area contributed by atoms with Crippen LogP contribution in [0.1, 0.15) is 49.1 Å². The Labute approximate surface area is 187 Å². The van der Waals surface area contributed by atoms with E-state index in [4.69, 9.17) is 9.47 Å². The Morgan fingerprint density at radius 1 is 1.12 bits per heavy atom. The lowest BCUT2D eigenvalue weighted by Crippen LogP contribution is -2.44. The van der Waals surface area contributed by atoms with E-state index in [2.05, 4.69) is 4.98 Å². The number of pyridine rings is 1. The number of fused-ring (bicyclic) bond motifs is 1. The number of hydrogen-bond donors (Lipinski definition) is 0. The highest BCUT2D eigenvalue weighted by molar-refractivity contribution is 5.91. The van der Waals surface area contributed by atoms with E-state index in [0.717, 1.165) is 22.3 Å². The van der Waals surface area contributed by atoms with Gasteiger partial charge < -0.3 is 9.47 Å². The Morgan fingerprint density at radius 3 is 2.47 bits per heavy atom. The van der Waals surface area contributed by atoms with E-state index < -0.39 is 11.7 Å². The molecule has 0 fully saturated rings. The number of aromatic nitrogens is 1. The smallest absolute Gasteiger partial charge is 0.415 e. The summed E-state index contributed by atoms with van der Waals surface area (Å²) < 4.78 is 25.0. The lowest BCUT2D eigenvalue weighted by Gasteiger charge is -2.37. The molecule has 2 heterocycles. The number of carbonyl (C=O) groups excluding carboxylic acids is 1. The topological polar surface area (TPSA) is 51.7 Å². The maximum atomic E-state index is 13.3. The van der Waals surface area contributed by atoms with E-state index in [-0.39, 0.29) is 18.5 Å². The Balaban J connectivity index is 1.72. The van der Waals surface area contributed by atoms with Crippen LogP contribution in [0.5, 0.6) is 5.88 Å². The second-order valence-corrected chi connectivity index (χ2v) is 9.06. The average Bonchev–Trinajstić information content (AvgIpc) is 2.74. The van der Waals surface area contributed by atoms with Crippen LogP contribution < -0.4 is 9.64 Å². The normalized spacial score (nSPS) is 15.7. The van der Waals surface area contributed by atoms with Crippen LogP contribution in [0.3, 0.4) is 0 Å². The summed E-state index contributed by atoms with van der Waals surface area (Å²) >= 11 is 0. The van der Waals surface area contributed by atoms with E-state index in [1.54, 1.807) is 23.2 Å². The maximum Gasteiger partial charge on any atom is 0.415 e. The second kappa shape index (κ2) is 8.61. The van der Waals surface area contributed by atoms with Gasteiger partial charge in [-0.1, -0.05) is 42.0 Å². The quantitative estimate of drug-likeness (QED) is 0.508. The first-order valence-corrected chi connectivity index (χ1v) is 10.6. The van der Waals surface area contributed by atoms with Gasteiger partial charge in [0.1, 0.15) is 23.7 Å². The molecule has 2 aromatic carbocycles. The van der Waals surface area contributed by atoms with Crippen molar-refractivity contribution >= 4 is 11.8 Å². The molecule has 1 aromatic heterocycles. The highest BCUT2D eigenvalue weighted by atomic mass is 19.1. The summed E-state index contributed by atoms with van der Waals surface area (Å²) in [5, 5.41) is 0. The van der Waals surface area contributed by atoms with Crippen molar-refractivity contribution in [3.8, 4) is 5.88 Å². The molecule has 0 N–H and O–H groups in total. The molecule has 1 amide bonds. The average molecular weight is 435 g/mol. The summed E-state index contributed by atoms with van der Waals surface area (Å²) in [6.45, 7) is 7.83. The van der Waals surface area contributed by atoms with Crippen molar-refractivity contribution in [1.82, 2.24) is 4.98 Å². The van der Waals surface area contributed by atoms with E-state index >= 15 is 0 Å². The molecule has 5 nitrogen and oxygen atoms in total. The third-order valence-electron chi connectivity index (χ3n) is 5.21. The summed E-state index contributed by atoms with van der Waals surface area (Å²) in [6.07, 6.45) is 1.83. The summed E-state index contributed by atoms with van der Waals surface area (Å²) in [7, 11) is 0. The van der Waals surface area contributed by atoms with Gasteiger partial charge in [-0.15, -0.1) is 0 Å². The van der Waals surface area contributed by atoms with Gasteiger partial charge in [0.15, 0.2) is 0 Å². The van der Waals surface area contributed by atoms with Crippen LogP contribution in [0.15, 0.2) is 60.8 Å². The Bertz CT molecular complexity index is 1110. The molecule has 1 aliphatic rings. The predicted molar refractivity (Wildman–Crippen MR) is 122 cm³/mol. The van der Waals surface area contributed by atoms with Gasteiger partial charge in [0, 0.05) is 6.20 Å². The molecule has 0 aliphatic carbocycles. The Hall–Kier alpha value is -3.41. The van der Waals surface area contributed by atoms with Gasteiger partial charge in [0.2, 0.25) is 5.88 Å². The molecule has 0 saturated heterocycles. The molecule has 166 valence electrons. The number of halogens is 1. The first-order valence-electron chi connectivity index (χ1n) is 10.6. The maximum absolute atomic E-state index is 13.3. The zero-order chi connectivity index (χ0) is 22.9. The highest BCUT2D eigenvalue weighted by Gasteiger charge is 2.37. The van der Waals surface area contributed by atoms with Crippen molar-refractivity contribution in [1.29, 1.82) is 0 Å². The lowest BCUT2D eigenvalue weighted by molar-refractivity contribution is 0.0540. The second-order valence-electron chi connectivity index (χ2n) is 9.06. The standard InChI is InChI=1S/C26H27FN2O3/c1-17-5-9-20(10-6-17)23-16-31-24-22(29(23)25(30)32-26(2,3)4)14-19(15-28-24)13-18-7-11-21(27)12-8-18/h5-12,14-15,23H,13,16H2,1-4H3/t23-/m1/s1. The van der Waals surface area contributed by atoms with Gasteiger partial charge in [-0.25, -0.2) is 14.2 Å². The van der Waals surface area contributed by atoms with Crippen LogP contribution in [-0.4, -0.2) is 23.3 Å². The summed E-state index contributed by atoms with van der Waals surface area (Å²) in [5.74, 6) is 0.116. The molecule has 32 heavy (non-hydrogen) atoms. The van der Waals surface area contributed by atoms with Crippen molar-refractivity contribution in [3.63, 3.8) is 0 Å². The van der Waals surface area contributed by atoms with Gasteiger partial charge in [0.05, 0.1) is 6.04 Å². The van der Waals surface area contributed by atoms with Crippen molar-refractivity contribution in [3.05, 3.63) is 88.9 Å². The van der Waals surface area contributed by atoms with Crippen molar-refractivity contribution in [2.24, 2.45) is 0 Å². The van der Waals surface area contributed by atoms with Crippen molar-refractivity contribution in [2.75, 3.05) is 11.5 Å². The number of hydrogen-bond acceptors (Lipinski definition) is 4. The largest absolute Gasteiger partial charge is 0.474 e. The van der Waals surface area contributed by atoms with Gasteiger partial charge in [-0.2, -0.15) is 0 Å². The van der Waals surface area contributed by atoms with E-state index in [0.29, 0.717) is 18.0 Å². The molecular formula is C26H27FN2O3. The fourth-order valence-corrected chi connectivity index (χ4v) is 3.67. The number of anilines is 1. The van der Waals surface area contributed by atoms with Crippen LogP contribution in [0, 0.1) is 12.7 Å². The van der Waals surface area contributed by atoms with E-state index in [1.165, 1.54) is 12.1 Å². The van der Waals surface area contributed by atoms with E-state index in [1.807, 2.05) is 58.0 Å². The van der Waals surface area contributed by atoms with Gasteiger partial charge >= 0.3 is 6.09 Å². The number of aryl methyl sites for hydroxylation is 1. The third kappa shape index (κ3) is 4.90. The Kier molecular flexibility index (Phi) is 5.87. The minimum Gasteiger partial charge on any atom is -0.474 e. The van der Waals surface area contributed by atoms with Gasteiger partial charge in [-0.05, 0) is 69.0 Å². The van der Waals surface area contributed by atoms with Crippen LogP contribution in [0.4, 0.5) is 14.9 Å². The molecule has 0 bridgehead atoms. The number of carbonyl (C=O) groups is 1. The van der Waals surface area contributed by atoms with Crippen LogP contribution in [-0.2, 0) is 11.2 Å². The van der Waals surface area contributed by atoms with Crippen molar-refractivity contribution in [2.45, 2.75) is 45.8 Å². The van der Waals surface area contributed by atoms with Crippen LogP contribution in [0.25, 0.3) is 0 Å². The molecule has 0 radical (unpaired) electrons. The third-order valence-corrected chi connectivity index (χ3v) is 5.21. The SMILES string of the molecule is Cc1ccc([C@H]2COc3ncc(Cc4ccc(F)cc4)cc3N2C(=O)OC(C)(C)C)cc1. The molecule has 4 rings (SSSR count). The molecular weight excluding hydrogens is 407 g/mol. The highest BCUT2D eigenvalue weighted by Crippen LogP contribution is 2.40. The van der Waals surface area contributed by atoms with E-state index in [9.17, 15) is 9.18 Å². The van der Waals surface area contributed by atoms with Crippen LogP contribution >= 0.6 is 0 Å². The Morgan fingerprint density at radius 2 is 1.81 bits per heavy atom. The molecule has 1 aliphatic heterocycles. The zero-order valence-electron chi connectivity index (χ0n) is 18.8. The van der Waals surface area contributed by atoms with Gasteiger partial charge in [-0.3, -0.25) is 4.90 Å². The first kappa shape index (κ1) is 21.8. The molecule has 0 saturated carbocycles. The summed E-state index contributed by atoms with van der Waals surface area (Å²) in [4.78, 5) is 19.4. The molecule has 1 atom stereocenters. The number of amides is 1. The fraction of sp³-hybridized carbons (Fsp3) is 0.308. The number of rotatable bonds is 3. The first-order chi connectivity index (χ1) is 15.2. The minimum atomic E-state index is -0.646. The predicted octanol–water partition coefficient (Wildman–Crippen LogP) is 6.00. The van der Waals surface area contributed by atoms with Crippen LogP contribution in [0.2, 0.25) is 0 Å². The number of ether oxygens (including phenoxy) is 2. The lowest BCUT2D eigenvalue weighted by atomic mass is 10.0. The van der Waals surface area contributed by atoms with Gasteiger partial charge in [0.25, 0.3) is 0 Å².